The summed E-state index contributed by atoms with van der Waals surface area (Å²) in [6.07, 6.45) is 0. The van der Waals surface area contributed by atoms with Gasteiger partial charge in [0, 0.05) is 35.2 Å². The van der Waals surface area contributed by atoms with Crippen molar-refractivity contribution >= 4 is 44.6 Å². The minimum atomic E-state index is -0.0401. The Morgan fingerprint density at radius 3 is 2.65 bits per heavy atom. The topological polar surface area (TPSA) is 49.6 Å². The third kappa shape index (κ3) is 3.06. The largest absolute Gasteiger partial charge is 0.397 e. The molecule has 108 valence electrons. The maximum absolute atomic E-state index is 12.4. The van der Waals surface area contributed by atoms with Crippen molar-refractivity contribution < 1.29 is 4.79 Å². The van der Waals surface area contributed by atoms with E-state index in [9.17, 15) is 4.79 Å². The van der Waals surface area contributed by atoms with Crippen LogP contribution in [0.15, 0.2) is 18.2 Å². The highest BCUT2D eigenvalue weighted by Crippen LogP contribution is 2.35. The van der Waals surface area contributed by atoms with Crippen LogP contribution in [-0.2, 0) is 0 Å². The third-order valence-corrected chi connectivity index (χ3v) is 4.52. The van der Waals surface area contributed by atoms with E-state index in [-0.39, 0.29) is 5.91 Å². The number of amides is 1. The Balaban J connectivity index is 2.28. The molecule has 0 spiro atoms. The van der Waals surface area contributed by atoms with Gasteiger partial charge >= 0.3 is 0 Å². The molecule has 0 unspecified atom stereocenters. The fourth-order valence-electron chi connectivity index (χ4n) is 1.87. The Hall–Kier alpha value is -1.30. The molecule has 0 fully saturated rings. The van der Waals surface area contributed by atoms with Gasteiger partial charge in [0.1, 0.15) is 4.88 Å². The summed E-state index contributed by atoms with van der Waals surface area (Å²) in [6.45, 7) is 1.49. The van der Waals surface area contributed by atoms with E-state index in [1.807, 2.05) is 31.1 Å². The number of anilines is 1. The third-order valence-electron chi connectivity index (χ3n) is 3.11. The Kier molecular flexibility index (Phi) is 4.52. The Morgan fingerprint density at radius 2 is 2.00 bits per heavy atom. The van der Waals surface area contributed by atoms with Gasteiger partial charge in [-0.15, -0.1) is 11.3 Å². The molecule has 1 aromatic heterocycles. The number of nitrogens with zero attached hydrogens (tertiary/aromatic N) is 2. The van der Waals surface area contributed by atoms with Crippen molar-refractivity contribution in [3.63, 3.8) is 0 Å². The second kappa shape index (κ2) is 5.99. The van der Waals surface area contributed by atoms with Gasteiger partial charge in [-0.2, -0.15) is 0 Å². The van der Waals surface area contributed by atoms with Crippen LogP contribution in [0.5, 0.6) is 0 Å². The van der Waals surface area contributed by atoms with Crippen LogP contribution in [0.25, 0.3) is 10.1 Å². The molecule has 1 amide bonds. The van der Waals surface area contributed by atoms with Crippen LogP contribution >= 0.6 is 22.9 Å². The van der Waals surface area contributed by atoms with Crippen LogP contribution in [0.1, 0.15) is 9.67 Å². The first-order chi connectivity index (χ1) is 9.40. The maximum atomic E-state index is 12.4. The summed E-state index contributed by atoms with van der Waals surface area (Å²) in [6, 6.07) is 5.51. The van der Waals surface area contributed by atoms with Crippen LogP contribution in [0.3, 0.4) is 0 Å². The van der Waals surface area contributed by atoms with Gasteiger partial charge in [0.15, 0.2) is 0 Å². The van der Waals surface area contributed by atoms with Gasteiger partial charge in [-0.05, 0) is 32.3 Å². The summed E-state index contributed by atoms with van der Waals surface area (Å²) in [5.74, 6) is -0.0401. The molecule has 0 aliphatic carbocycles. The van der Waals surface area contributed by atoms with E-state index in [0.717, 1.165) is 16.6 Å². The average molecular weight is 312 g/mol. The Morgan fingerprint density at radius 1 is 1.30 bits per heavy atom. The summed E-state index contributed by atoms with van der Waals surface area (Å²) in [5.41, 5.74) is 6.62. The predicted octanol–water partition coefficient (Wildman–Crippen LogP) is 2.77. The number of rotatable bonds is 4. The SMILES string of the molecule is CN(C)CCN(C)C(=O)c1sc2ccc(Cl)cc2c1N. The van der Waals surface area contributed by atoms with Gasteiger partial charge in [-0.25, -0.2) is 0 Å². The molecule has 0 aliphatic rings. The van der Waals surface area contributed by atoms with Crippen LogP contribution < -0.4 is 5.73 Å². The zero-order valence-corrected chi connectivity index (χ0v) is 13.4. The van der Waals surface area contributed by atoms with Crippen LogP contribution in [0.2, 0.25) is 5.02 Å². The lowest BCUT2D eigenvalue weighted by atomic mass is 10.2. The van der Waals surface area contributed by atoms with E-state index in [1.165, 1.54) is 11.3 Å². The number of hydrogen-bond donors (Lipinski definition) is 1. The molecule has 6 heteroatoms. The summed E-state index contributed by atoms with van der Waals surface area (Å²) in [4.78, 5) is 16.8. The fourth-order valence-corrected chi connectivity index (χ4v) is 3.14. The van der Waals surface area contributed by atoms with Crippen LogP contribution in [-0.4, -0.2) is 49.9 Å². The second-order valence-corrected chi connectivity index (χ2v) is 6.50. The summed E-state index contributed by atoms with van der Waals surface area (Å²) in [5, 5.41) is 1.48. The smallest absolute Gasteiger partial charge is 0.265 e. The van der Waals surface area contributed by atoms with Gasteiger partial charge in [0.2, 0.25) is 0 Å². The summed E-state index contributed by atoms with van der Waals surface area (Å²) < 4.78 is 0.983. The van der Waals surface area contributed by atoms with Crippen LogP contribution in [0.4, 0.5) is 5.69 Å². The van der Waals surface area contributed by atoms with E-state index >= 15 is 0 Å². The molecule has 0 aliphatic heterocycles. The molecular weight excluding hydrogens is 294 g/mol. The maximum Gasteiger partial charge on any atom is 0.265 e. The molecule has 4 nitrogen and oxygen atoms in total. The zero-order valence-electron chi connectivity index (χ0n) is 11.8. The van der Waals surface area contributed by atoms with E-state index in [2.05, 4.69) is 0 Å². The minimum Gasteiger partial charge on any atom is -0.397 e. The second-order valence-electron chi connectivity index (χ2n) is 5.02. The highest BCUT2D eigenvalue weighted by Gasteiger charge is 2.19. The van der Waals surface area contributed by atoms with Crippen LogP contribution in [0, 0.1) is 0 Å². The minimum absolute atomic E-state index is 0.0401. The molecular formula is C14H18ClN3OS. The van der Waals surface area contributed by atoms with E-state index in [4.69, 9.17) is 17.3 Å². The molecule has 0 atom stereocenters. The van der Waals surface area contributed by atoms with Crippen molar-refractivity contribution in [1.29, 1.82) is 0 Å². The standard InChI is InChI=1S/C14H18ClN3OS/c1-17(2)6-7-18(3)14(19)13-12(16)10-8-9(15)4-5-11(10)20-13/h4-5,8H,6-7,16H2,1-3H3. The molecule has 1 heterocycles. The number of nitrogen functional groups attached to an aromatic ring is 1. The first-order valence-electron chi connectivity index (χ1n) is 6.28. The highest BCUT2D eigenvalue weighted by atomic mass is 35.5. The lowest BCUT2D eigenvalue weighted by Gasteiger charge is -2.19. The Labute approximate surface area is 127 Å². The van der Waals surface area contributed by atoms with E-state index in [0.29, 0.717) is 22.1 Å². The molecule has 20 heavy (non-hydrogen) atoms. The monoisotopic (exact) mass is 311 g/mol. The number of hydrogen-bond acceptors (Lipinski definition) is 4. The van der Waals surface area contributed by atoms with Gasteiger partial charge in [0.25, 0.3) is 5.91 Å². The number of likely N-dealkylation sites (N-methyl/N-ethyl adjacent to an activating group) is 2. The number of carbonyl (C=O) groups excluding carboxylic acids is 1. The molecule has 2 rings (SSSR count). The lowest BCUT2D eigenvalue weighted by molar-refractivity contribution is 0.0792. The van der Waals surface area contributed by atoms with Crippen molar-refractivity contribution in [3.05, 3.63) is 28.1 Å². The normalized spacial score (nSPS) is 11.2. The van der Waals surface area contributed by atoms with Gasteiger partial charge < -0.3 is 15.5 Å². The van der Waals surface area contributed by atoms with E-state index < -0.39 is 0 Å². The van der Waals surface area contributed by atoms with Crippen molar-refractivity contribution in [3.8, 4) is 0 Å². The quantitative estimate of drug-likeness (QED) is 0.944. The molecule has 1 aromatic carbocycles. The number of halogens is 1. The van der Waals surface area contributed by atoms with Crippen molar-refractivity contribution in [2.24, 2.45) is 0 Å². The summed E-state index contributed by atoms with van der Waals surface area (Å²) in [7, 11) is 5.75. The zero-order chi connectivity index (χ0) is 14.9. The van der Waals surface area contributed by atoms with Gasteiger partial charge in [-0.1, -0.05) is 11.6 Å². The molecule has 2 N–H and O–H groups in total. The Bertz CT molecular complexity index is 639. The number of nitrogens with two attached hydrogens (primary N) is 1. The molecule has 0 radical (unpaired) electrons. The summed E-state index contributed by atoms with van der Waals surface area (Å²) >= 11 is 7.39. The van der Waals surface area contributed by atoms with Gasteiger partial charge in [0.05, 0.1) is 5.69 Å². The lowest BCUT2D eigenvalue weighted by Crippen LogP contribution is -2.33. The molecule has 0 bridgehead atoms. The highest BCUT2D eigenvalue weighted by molar-refractivity contribution is 7.21. The number of fused-ring (bicyclic) bond motifs is 1. The van der Waals surface area contributed by atoms with E-state index in [1.54, 1.807) is 18.0 Å². The average Bonchev–Trinajstić information content (AvgIpc) is 2.72. The van der Waals surface area contributed by atoms with Crippen molar-refractivity contribution in [2.75, 3.05) is 40.0 Å². The molecule has 0 saturated heterocycles. The number of carbonyl (C=O) groups is 1. The predicted molar refractivity (Wildman–Crippen MR) is 86.8 cm³/mol. The first kappa shape index (κ1) is 15.1. The fraction of sp³-hybridized carbons (Fsp3) is 0.357. The number of thiophene rings is 1. The molecule has 2 aromatic rings. The van der Waals surface area contributed by atoms with Crippen molar-refractivity contribution in [2.45, 2.75) is 0 Å². The molecule has 0 saturated carbocycles. The first-order valence-corrected chi connectivity index (χ1v) is 7.47. The number of benzene rings is 1. The van der Waals surface area contributed by atoms with Crippen molar-refractivity contribution in [1.82, 2.24) is 9.80 Å². The van der Waals surface area contributed by atoms with Gasteiger partial charge in [-0.3, -0.25) is 4.79 Å².